The summed E-state index contributed by atoms with van der Waals surface area (Å²) in [5.74, 6) is -2.23. The van der Waals surface area contributed by atoms with Gasteiger partial charge in [0.15, 0.2) is 0 Å². The largest absolute Gasteiger partial charge is 0.397 e. The Morgan fingerprint density at radius 1 is 1.24 bits per heavy atom. The molecular weight excluding hydrogens is 226 g/mol. The summed E-state index contributed by atoms with van der Waals surface area (Å²) in [7, 11) is 0. The van der Waals surface area contributed by atoms with Crippen molar-refractivity contribution in [1.29, 1.82) is 0 Å². The van der Waals surface area contributed by atoms with Crippen LogP contribution in [0.4, 0.5) is 14.5 Å². The smallest absolute Gasteiger partial charge is 0.216 e. The number of carbonyl (C=O) groups excluding carboxylic acids is 1. The van der Waals surface area contributed by atoms with Gasteiger partial charge in [0.2, 0.25) is 5.78 Å². The number of hydrogen-bond acceptors (Lipinski definition) is 3. The number of benzene rings is 1. The normalized spacial score (nSPS) is 10.2. The van der Waals surface area contributed by atoms with E-state index < -0.39 is 17.4 Å². The molecule has 0 atom stereocenters. The summed E-state index contributed by atoms with van der Waals surface area (Å²) in [5.41, 5.74) is 5.21. The highest BCUT2D eigenvalue weighted by molar-refractivity contribution is 6.10. The van der Waals surface area contributed by atoms with Crippen LogP contribution < -0.4 is 5.73 Å². The number of carbonyl (C=O) groups is 1. The first-order valence-electron chi connectivity index (χ1n) is 4.80. The number of anilines is 1. The first-order valence-corrected chi connectivity index (χ1v) is 4.80. The zero-order valence-corrected chi connectivity index (χ0v) is 8.65. The maximum absolute atomic E-state index is 13.4. The Hall–Kier alpha value is -2.30. The van der Waals surface area contributed by atoms with Crippen molar-refractivity contribution in [3.63, 3.8) is 0 Å². The summed E-state index contributed by atoms with van der Waals surface area (Å²) >= 11 is 0. The summed E-state index contributed by atoms with van der Waals surface area (Å²) in [6.45, 7) is 0. The Morgan fingerprint density at radius 2 is 2.00 bits per heavy atom. The molecule has 0 fully saturated rings. The lowest BCUT2D eigenvalue weighted by Gasteiger charge is -2.04. The van der Waals surface area contributed by atoms with Crippen molar-refractivity contribution in [2.75, 3.05) is 5.73 Å². The summed E-state index contributed by atoms with van der Waals surface area (Å²) < 4.78 is 26.3. The molecule has 0 spiro atoms. The van der Waals surface area contributed by atoms with Crippen LogP contribution in [0.25, 0.3) is 0 Å². The predicted molar refractivity (Wildman–Crippen MR) is 58.4 cm³/mol. The summed E-state index contributed by atoms with van der Waals surface area (Å²) in [6.07, 6.45) is 1.36. The monoisotopic (exact) mass is 234 g/mol. The van der Waals surface area contributed by atoms with Crippen LogP contribution in [-0.2, 0) is 0 Å². The molecule has 1 aromatic carbocycles. The lowest BCUT2D eigenvalue weighted by Crippen LogP contribution is -2.10. The van der Waals surface area contributed by atoms with Crippen LogP contribution >= 0.6 is 0 Å². The Morgan fingerprint density at radius 3 is 2.71 bits per heavy atom. The van der Waals surface area contributed by atoms with Gasteiger partial charge in [0.05, 0.1) is 11.3 Å². The highest BCUT2D eigenvalue weighted by Crippen LogP contribution is 2.17. The maximum Gasteiger partial charge on any atom is 0.216 e. The maximum atomic E-state index is 13.4. The van der Waals surface area contributed by atoms with Gasteiger partial charge >= 0.3 is 0 Å². The van der Waals surface area contributed by atoms with Gasteiger partial charge in [-0.25, -0.2) is 8.78 Å². The fourth-order valence-corrected chi connectivity index (χ4v) is 1.41. The molecule has 0 amide bonds. The summed E-state index contributed by atoms with van der Waals surface area (Å²) in [5, 5.41) is 0. The molecule has 0 aliphatic carbocycles. The number of aromatic nitrogens is 1. The number of nitrogen functional groups attached to an aromatic ring is 1. The minimum atomic E-state index is -0.804. The number of ketones is 1. The number of nitrogens with zero attached hydrogens (tertiary/aromatic N) is 1. The van der Waals surface area contributed by atoms with E-state index >= 15 is 0 Å². The van der Waals surface area contributed by atoms with Crippen molar-refractivity contribution >= 4 is 11.5 Å². The first kappa shape index (κ1) is 11.2. The van der Waals surface area contributed by atoms with Crippen LogP contribution in [0.15, 0.2) is 36.5 Å². The standard InChI is InChI=1S/C12H8F2N2O/c13-7-3-4-9(14)8(6-7)12(17)11-10(15)2-1-5-16-11/h1-6H,15H2. The SMILES string of the molecule is Nc1cccnc1C(=O)c1cc(F)ccc1F. The molecule has 1 heterocycles. The van der Waals surface area contributed by atoms with Crippen molar-refractivity contribution in [3.8, 4) is 0 Å². The molecule has 17 heavy (non-hydrogen) atoms. The zero-order valence-electron chi connectivity index (χ0n) is 8.65. The third kappa shape index (κ3) is 2.13. The van der Waals surface area contributed by atoms with Crippen LogP contribution in [0, 0.1) is 11.6 Å². The molecule has 3 nitrogen and oxygen atoms in total. The Labute approximate surface area is 95.9 Å². The lowest BCUT2D eigenvalue weighted by atomic mass is 10.1. The van der Waals surface area contributed by atoms with E-state index in [-0.39, 0.29) is 16.9 Å². The molecule has 0 unspecified atom stereocenters. The average molecular weight is 234 g/mol. The molecule has 0 saturated heterocycles. The van der Waals surface area contributed by atoms with Gasteiger partial charge in [0.1, 0.15) is 17.3 Å². The third-order valence-electron chi connectivity index (χ3n) is 2.23. The van der Waals surface area contributed by atoms with Crippen LogP contribution in [-0.4, -0.2) is 10.8 Å². The third-order valence-corrected chi connectivity index (χ3v) is 2.23. The number of rotatable bonds is 2. The predicted octanol–water partition coefficient (Wildman–Crippen LogP) is 2.17. The van der Waals surface area contributed by atoms with E-state index in [1.807, 2.05) is 0 Å². The van der Waals surface area contributed by atoms with E-state index in [1.165, 1.54) is 12.3 Å². The van der Waals surface area contributed by atoms with E-state index in [0.717, 1.165) is 18.2 Å². The summed E-state index contributed by atoms with van der Waals surface area (Å²) in [6, 6.07) is 5.67. The molecule has 5 heteroatoms. The van der Waals surface area contributed by atoms with Crippen molar-refractivity contribution in [3.05, 3.63) is 59.4 Å². The van der Waals surface area contributed by atoms with Crippen molar-refractivity contribution in [2.24, 2.45) is 0 Å². The molecule has 0 bridgehead atoms. The van der Waals surface area contributed by atoms with Gasteiger partial charge in [0.25, 0.3) is 0 Å². The minimum Gasteiger partial charge on any atom is -0.397 e. The Kier molecular flexibility index (Phi) is 2.82. The first-order chi connectivity index (χ1) is 8.09. The van der Waals surface area contributed by atoms with Gasteiger partial charge in [-0.3, -0.25) is 9.78 Å². The van der Waals surface area contributed by atoms with E-state index in [0.29, 0.717) is 0 Å². The van der Waals surface area contributed by atoms with Crippen molar-refractivity contribution < 1.29 is 13.6 Å². The molecule has 2 N–H and O–H groups in total. The molecule has 2 rings (SSSR count). The van der Waals surface area contributed by atoms with Gasteiger partial charge < -0.3 is 5.73 Å². The van der Waals surface area contributed by atoms with Crippen LogP contribution in [0.5, 0.6) is 0 Å². The van der Waals surface area contributed by atoms with E-state index in [4.69, 9.17) is 5.73 Å². The Balaban J connectivity index is 2.51. The highest BCUT2D eigenvalue weighted by Gasteiger charge is 2.18. The Bertz CT molecular complexity index is 584. The molecule has 0 saturated carbocycles. The lowest BCUT2D eigenvalue weighted by molar-refractivity contribution is 0.103. The fraction of sp³-hybridized carbons (Fsp3) is 0. The quantitative estimate of drug-likeness (QED) is 0.810. The molecule has 1 aromatic heterocycles. The van der Waals surface area contributed by atoms with Crippen LogP contribution in [0.2, 0.25) is 0 Å². The molecule has 0 aliphatic rings. The topological polar surface area (TPSA) is 56.0 Å². The van der Waals surface area contributed by atoms with Gasteiger partial charge in [-0.15, -0.1) is 0 Å². The second-order valence-corrected chi connectivity index (χ2v) is 3.39. The number of halogens is 2. The fourth-order valence-electron chi connectivity index (χ4n) is 1.41. The van der Waals surface area contributed by atoms with Crippen molar-refractivity contribution in [1.82, 2.24) is 4.98 Å². The zero-order chi connectivity index (χ0) is 12.4. The second-order valence-electron chi connectivity index (χ2n) is 3.39. The molecule has 0 aliphatic heterocycles. The van der Waals surface area contributed by atoms with Gasteiger partial charge in [-0.2, -0.15) is 0 Å². The van der Waals surface area contributed by atoms with E-state index in [2.05, 4.69) is 4.98 Å². The van der Waals surface area contributed by atoms with Crippen molar-refractivity contribution in [2.45, 2.75) is 0 Å². The minimum absolute atomic E-state index is 0.0861. The number of hydrogen-bond donors (Lipinski definition) is 1. The summed E-state index contributed by atoms with van der Waals surface area (Å²) in [4.78, 5) is 15.7. The highest BCUT2D eigenvalue weighted by atomic mass is 19.1. The average Bonchev–Trinajstić information content (AvgIpc) is 2.32. The van der Waals surface area contributed by atoms with Gasteiger partial charge in [-0.05, 0) is 30.3 Å². The van der Waals surface area contributed by atoms with Gasteiger partial charge in [-0.1, -0.05) is 0 Å². The van der Waals surface area contributed by atoms with E-state index in [9.17, 15) is 13.6 Å². The number of nitrogens with two attached hydrogens (primary N) is 1. The van der Waals surface area contributed by atoms with E-state index in [1.54, 1.807) is 6.07 Å². The van der Waals surface area contributed by atoms with Crippen LogP contribution in [0.1, 0.15) is 16.1 Å². The number of pyridine rings is 1. The molecule has 2 aromatic rings. The second kappa shape index (κ2) is 4.29. The van der Waals surface area contributed by atoms with Gasteiger partial charge in [0, 0.05) is 6.20 Å². The molecular formula is C12H8F2N2O. The molecule has 86 valence electrons. The van der Waals surface area contributed by atoms with Crippen LogP contribution in [0.3, 0.4) is 0 Å². The molecule has 0 radical (unpaired) electrons.